The standard InChI is InChI=1S/C27H26N6O.C2H4O2/c1-18-16-32(17-28-18)23-13-12-19(14-24(23)34-2)15-25-30-27-29-22-11-7-6-10-21(22)26(33(27)31-25)20-8-4-3-5-9-20;1-2(3)4/h3-5,8-9,12-14,16-17H,6-7,10-11,15H2,1-2H3;1H3,(H,3,4). The number of rotatable bonds is 5. The SMILES string of the molecule is CC(=O)O.COc1cc(Cc2nc3nc4c(c(-c5ccccc5)n3n2)CCCC4)ccc1-n1cnc(C)c1. The Hall–Kier alpha value is -4.53. The summed E-state index contributed by atoms with van der Waals surface area (Å²) in [5, 5.41) is 12.3. The summed E-state index contributed by atoms with van der Waals surface area (Å²) in [4.78, 5) is 23.1. The topological polar surface area (TPSA) is 107 Å². The van der Waals surface area contributed by atoms with Gasteiger partial charge in [-0.2, -0.15) is 9.50 Å². The van der Waals surface area contributed by atoms with E-state index in [0.717, 1.165) is 59.5 Å². The van der Waals surface area contributed by atoms with E-state index in [2.05, 4.69) is 41.4 Å². The van der Waals surface area contributed by atoms with Crippen LogP contribution >= 0.6 is 0 Å². The molecule has 1 aliphatic rings. The number of carboxylic acids is 1. The molecule has 6 rings (SSSR count). The molecule has 0 amide bonds. The van der Waals surface area contributed by atoms with E-state index in [4.69, 9.17) is 29.7 Å². The number of ether oxygens (including phenoxy) is 1. The maximum Gasteiger partial charge on any atom is 0.300 e. The molecule has 9 heteroatoms. The van der Waals surface area contributed by atoms with E-state index in [1.165, 1.54) is 24.1 Å². The van der Waals surface area contributed by atoms with Crippen molar-refractivity contribution >= 4 is 11.7 Å². The quantitative estimate of drug-likeness (QED) is 0.360. The third kappa shape index (κ3) is 5.27. The zero-order chi connectivity index (χ0) is 26.6. The smallest absolute Gasteiger partial charge is 0.300 e. The molecule has 2 aromatic carbocycles. The van der Waals surface area contributed by atoms with Crippen LogP contribution in [0.15, 0.2) is 61.1 Å². The Balaban J connectivity index is 0.000000689. The summed E-state index contributed by atoms with van der Waals surface area (Å²) in [6.07, 6.45) is 8.78. The van der Waals surface area contributed by atoms with Gasteiger partial charge >= 0.3 is 0 Å². The third-order valence-electron chi connectivity index (χ3n) is 6.45. The second kappa shape index (κ2) is 10.8. The predicted octanol–water partition coefficient (Wildman–Crippen LogP) is 4.85. The van der Waals surface area contributed by atoms with Gasteiger partial charge in [0.15, 0.2) is 5.82 Å². The van der Waals surface area contributed by atoms with Gasteiger partial charge < -0.3 is 14.4 Å². The van der Waals surface area contributed by atoms with Crippen molar-refractivity contribution in [2.24, 2.45) is 0 Å². The van der Waals surface area contributed by atoms with Gasteiger partial charge in [0.1, 0.15) is 5.75 Å². The van der Waals surface area contributed by atoms with Crippen LogP contribution in [-0.2, 0) is 24.1 Å². The number of carboxylic acid groups (broad SMARTS) is 1. The zero-order valence-corrected chi connectivity index (χ0v) is 21.8. The van der Waals surface area contributed by atoms with Crippen LogP contribution in [0.1, 0.15) is 48.1 Å². The Labute approximate surface area is 220 Å². The number of carbonyl (C=O) groups is 1. The number of aryl methyl sites for hydroxylation is 2. The maximum atomic E-state index is 9.00. The highest BCUT2D eigenvalue weighted by Gasteiger charge is 2.22. The van der Waals surface area contributed by atoms with Gasteiger partial charge in [-0.25, -0.2) is 9.97 Å². The lowest BCUT2D eigenvalue weighted by Crippen LogP contribution is -2.12. The molecule has 9 nitrogen and oxygen atoms in total. The van der Waals surface area contributed by atoms with Gasteiger partial charge in [-0.1, -0.05) is 36.4 Å². The summed E-state index contributed by atoms with van der Waals surface area (Å²) in [6.45, 7) is 3.06. The van der Waals surface area contributed by atoms with Gasteiger partial charge in [0.25, 0.3) is 11.7 Å². The van der Waals surface area contributed by atoms with E-state index < -0.39 is 5.97 Å². The molecule has 1 N–H and O–H groups in total. The summed E-state index contributed by atoms with van der Waals surface area (Å²) < 4.78 is 9.60. The molecule has 5 aromatic rings. The molecule has 1 aliphatic carbocycles. The maximum absolute atomic E-state index is 9.00. The molecule has 0 atom stereocenters. The predicted molar refractivity (Wildman–Crippen MR) is 144 cm³/mol. The van der Waals surface area contributed by atoms with E-state index in [9.17, 15) is 0 Å². The van der Waals surface area contributed by atoms with Gasteiger partial charge in [-0.3, -0.25) is 4.79 Å². The molecule has 3 heterocycles. The third-order valence-corrected chi connectivity index (χ3v) is 6.45. The van der Waals surface area contributed by atoms with E-state index >= 15 is 0 Å². The van der Waals surface area contributed by atoms with Crippen molar-refractivity contribution in [1.82, 2.24) is 29.1 Å². The van der Waals surface area contributed by atoms with E-state index in [0.29, 0.717) is 12.2 Å². The van der Waals surface area contributed by atoms with E-state index in [1.54, 1.807) is 13.4 Å². The fraction of sp³-hybridized carbons (Fsp3) is 0.276. The molecule has 0 aliphatic heterocycles. The summed E-state index contributed by atoms with van der Waals surface area (Å²) in [7, 11) is 1.69. The molecular formula is C29H30N6O3. The summed E-state index contributed by atoms with van der Waals surface area (Å²) in [6, 6.07) is 16.7. The summed E-state index contributed by atoms with van der Waals surface area (Å²) in [5.74, 6) is 1.38. The first-order chi connectivity index (χ1) is 18.4. The van der Waals surface area contributed by atoms with Gasteiger partial charge in [0.05, 0.1) is 30.5 Å². The van der Waals surface area contributed by atoms with Crippen LogP contribution in [-0.4, -0.2) is 47.3 Å². The van der Waals surface area contributed by atoms with E-state index in [1.807, 2.05) is 34.3 Å². The monoisotopic (exact) mass is 510 g/mol. The average molecular weight is 511 g/mol. The van der Waals surface area contributed by atoms with Crippen molar-refractivity contribution in [3.63, 3.8) is 0 Å². The highest BCUT2D eigenvalue weighted by molar-refractivity contribution is 5.67. The minimum atomic E-state index is -0.833. The summed E-state index contributed by atoms with van der Waals surface area (Å²) in [5.41, 5.74) is 7.76. The summed E-state index contributed by atoms with van der Waals surface area (Å²) >= 11 is 0. The van der Waals surface area contributed by atoms with Crippen LogP contribution in [0.5, 0.6) is 5.75 Å². The molecular weight excluding hydrogens is 480 g/mol. The van der Waals surface area contributed by atoms with Crippen molar-refractivity contribution in [3.05, 3.63) is 89.4 Å². The van der Waals surface area contributed by atoms with Crippen molar-refractivity contribution in [2.75, 3.05) is 7.11 Å². The molecule has 0 spiro atoms. The second-order valence-corrected chi connectivity index (χ2v) is 9.32. The zero-order valence-electron chi connectivity index (χ0n) is 21.8. The molecule has 0 saturated heterocycles. The molecule has 0 radical (unpaired) electrons. The first-order valence-electron chi connectivity index (χ1n) is 12.6. The minimum absolute atomic E-state index is 0.599. The van der Waals surface area contributed by atoms with E-state index in [-0.39, 0.29) is 0 Å². The minimum Gasteiger partial charge on any atom is -0.495 e. The van der Waals surface area contributed by atoms with Gasteiger partial charge in [-0.15, -0.1) is 5.10 Å². The van der Waals surface area contributed by atoms with Gasteiger partial charge in [0.2, 0.25) is 0 Å². The number of methoxy groups -OCH3 is 1. The number of nitrogens with zero attached hydrogens (tertiary/aromatic N) is 6. The number of imidazole rings is 1. The van der Waals surface area contributed by atoms with Crippen molar-refractivity contribution in [2.45, 2.75) is 46.0 Å². The van der Waals surface area contributed by atoms with Crippen molar-refractivity contribution in [3.8, 4) is 22.7 Å². The highest BCUT2D eigenvalue weighted by atomic mass is 16.5. The molecule has 3 aromatic heterocycles. The molecule has 194 valence electrons. The second-order valence-electron chi connectivity index (χ2n) is 9.32. The number of aromatic nitrogens is 6. The molecule has 0 saturated carbocycles. The van der Waals surface area contributed by atoms with Crippen molar-refractivity contribution in [1.29, 1.82) is 0 Å². The normalized spacial score (nSPS) is 12.5. The number of fused-ring (bicyclic) bond motifs is 2. The Kier molecular flexibility index (Phi) is 7.17. The number of aliphatic carboxylic acids is 1. The largest absolute Gasteiger partial charge is 0.495 e. The van der Waals surface area contributed by atoms with Crippen LogP contribution < -0.4 is 4.74 Å². The first kappa shape index (κ1) is 25.1. The lowest BCUT2D eigenvalue weighted by Gasteiger charge is -2.19. The number of benzene rings is 2. The molecule has 0 unspecified atom stereocenters. The molecule has 0 fully saturated rings. The lowest BCUT2D eigenvalue weighted by atomic mass is 9.92. The molecule has 0 bridgehead atoms. The highest BCUT2D eigenvalue weighted by Crippen LogP contribution is 2.31. The Bertz CT molecular complexity index is 1590. The first-order valence-corrected chi connectivity index (χ1v) is 12.6. The van der Waals surface area contributed by atoms with Gasteiger partial charge in [-0.05, 0) is 50.3 Å². The van der Waals surface area contributed by atoms with Crippen LogP contribution in [0.2, 0.25) is 0 Å². The van der Waals surface area contributed by atoms with Crippen LogP contribution in [0.3, 0.4) is 0 Å². The van der Waals surface area contributed by atoms with Crippen LogP contribution in [0.4, 0.5) is 0 Å². The number of hydrogen-bond acceptors (Lipinski definition) is 6. The number of hydrogen-bond donors (Lipinski definition) is 1. The fourth-order valence-corrected chi connectivity index (χ4v) is 4.83. The van der Waals surface area contributed by atoms with Crippen LogP contribution in [0.25, 0.3) is 22.7 Å². The van der Waals surface area contributed by atoms with Crippen LogP contribution in [0, 0.1) is 6.92 Å². The molecule has 38 heavy (non-hydrogen) atoms. The Morgan fingerprint density at radius 1 is 1.08 bits per heavy atom. The lowest BCUT2D eigenvalue weighted by molar-refractivity contribution is -0.134. The Morgan fingerprint density at radius 3 is 2.55 bits per heavy atom. The Morgan fingerprint density at radius 2 is 1.84 bits per heavy atom. The fourth-order valence-electron chi connectivity index (χ4n) is 4.83. The van der Waals surface area contributed by atoms with Crippen molar-refractivity contribution < 1.29 is 14.6 Å². The average Bonchev–Trinajstić information content (AvgIpc) is 3.52. The van der Waals surface area contributed by atoms with Gasteiger partial charge in [0, 0.05) is 36.4 Å².